The second-order valence-electron chi connectivity index (χ2n) is 12.6. The zero-order valence-electron chi connectivity index (χ0n) is 26.9. The number of aliphatic hydroxyl groups excluding tert-OH is 2. The topological polar surface area (TPSA) is 245 Å². The summed E-state index contributed by atoms with van der Waals surface area (Å²) < 4.78 is 29.3. The molecule has 48 heavy (non-hydrogen) atoms. The van der Waals surface area contributed by atoms with Crippen LogP contribution in [-0.2, 0) is 30.2 Å². The van der Waals surface area contributed by atoms with Gasteiger partial charge in [0.2, 0.25) is 5.78 Å². The molecule has 0 saturated carbocycles. The Morgan fingerprint density at radius 3 is 2.42 bits per heavy atom. The number of aromatic hydroxyl groups is 2. The first-order valence-corrected chi connectivity index (χ1v) is 15.6. The molecule has 262 valence electrons. The summed E-state index contributed by atoms with van der Waals surface area (Å²) >= 11 is 0. The van der Waals surface area contributed by atoms with Gasteiger partial charge in [-0.1, -0.05) is 12.1 Å². The number of phenols is 2. The van der Waals surface area contributed by atoms with Crippen molar-refractivity contribution >= 4 is 17.5 Å². The Morgan fingerprint density at radius 2 is 1.81 bits per heavy atom. The molecule has 0 radical (unpaired) electrons. The molecular weight excluding hydrogens is 634 g/mol. The van der Waals surface area contributed by atoms with Crippen LogP contribution in [0, 0.1) is 0 Å². The minimum absolute atomic E-state index is 0.0248. The standard InChI is InChI=1S/C33H41NO14/c1-13(36)8-21(45-14(2)12-35)48-31-15(3)46-22(9-18(31)34)47-20-11-33(43,32(41)42)10-17-24(20)30(40)26-25(28(17)38)27(37)16-6-5-7-19(44-4)23(16)29(26)39/h5-7,13-15,18,20-22,31,35-36,38,40,43H,8-12,34H2,1-4H3,(H,41,42)/t13?,14?,15-,18-,20-,21?,22-,31+,33-/m0/s1. The van der Waals surface area contributed by atoms with Gasteiger partial charge in [0.25, 0.3) is 0 Å². The molecule has 2 aromatic rings. The molecule has 1 fully saturated rings. The third-order valence-corrected chi connectivity index (χ3v) is 8.99. The Labute approximate surface area is 275 Å². The molecule has 9 atom stereocenters. The normalized spacial score (nSPS) is 28.5. The third-order valence-electron chi connectivity index (χ3n) is 8.99. The van der Waals surface area contributed by atoms with Crippen LogP contribution in [0.15, 0.2) is 18.2 Å². The fraction of sp³-hybridized carbons (Fsp3) is 0.545. The summed E-state index contributed by atoms with van der Waals surface area (Å²) in [6.45, 7) is 4.55. The number of benzene rings is 2. The average Bonchev–Trinajstić information content (AvgIpc) is 3.02. The predicted molar refractivity (Wildman–Crippen MR) is 164 cm³/mol. The van der Waals surface area contributed by atoms with Crippen molar-refractivity contribution in [3.8, 4) is 17.2 Å². The highest BCUT2D eigenvalue weighted by Crippen LogP contribution is 2.52. The summed E-state index contributed by atoms with van der Waals surface area (Å²) in [5.74, 6) is -4.65. The first kappa shape index (κ1) is 35.6. The third kappa shape index (κ3) is 6.40. The Morgan fingerprint density at radius 1 is 1.12 bits per heavy atom. The van der Waals surface area contributed by atoms with Gasteiger partial charge >= 0.3 is 5.97 Å². The van der Waals surface area contributed by atoms with Crippen LogP contribution < -0.4 is 10.5 Å². The van der Waals surface area contributed by atoms with Crippen LogP contribution in [0.2, 0.25) is 0 Å². The van der Waals surface area contributed by atoms with Crippen molar-refractivity contribution in [3.05, 3.63) is 51.6 Å². The van der Waals surface area contributed by atoms with Gasteiger partial charge in [-0.15, -0.1) is 0 Å². The quantitative estimate of drug-likeness (QED) is 0.111. The van der Waals surface area contributed by atoms with Crippen LogP contribution in [0.5, 0.6) is 17.2 Å². The average molecular weight is 676 g/mol. The summed E-state index contributed by atoms with van der Waals surface area (Å²) in [6.07, 6.45) is -7.70. The maximum Gasteiger partial charge on any atom is 0.336 e. The summed E-state index contributed by atoms with van der Waals surface area (Å²) in [6, 6.07) is 3.57. The van der Waals surface area contributed by atoms with Crippen molar-refractivity contribution in [2.24, 2.45) is 5.73 Å². The molecule has 1 aliphatic heterocycles. The molecule has 5 rings (SSSR count). The first-order valence-electron chi connectivity index (χ1n) is 15.6. The molecule has 2 aliphatic carbocycles. The van der Waals surface area contributed by atoms with Crippen molar-refractivity contribution in [1.82, 2.24) is 0 Å². The zero-order valence-corrected chi connectivity index (χ0v) is 26.9. The number of methoxy groups -OCH3 is 1. The highest BCUT2D eigenvalue weighted by molar-refractivity contribution is 6.31. The van der Waals surface area contributed by atoms with Crippen molar-refractivity contribution in [2.75, 3.05) is 13.7 Å². The van der Waals surface area contributed by atoms with Gasteiger partial charge in [-0.2, -0.15) is 0 Å². The summed E-state index contributed by atoms with van der Waals surface area (Å²) in [7, 11) is 1.31. The highest BCUT2D eigenvalue weighted by atomic mass is 16.7. The number of ketones is 2. The van der Waals surface area contributed by atoms with Gasteiger partial charge in [0, 0.05) is 48.4 Å². The van der Waals surface area contributed by atoms with Crippen LogP contribution >= 0.6 is 0 Å². The van der Waals surface area contributed by atoms with E-state index in [4.69, 9.17) is 29.4 Å². The number of aliphatic carboxylic acids is 1. The molecule has 0 bridgehead atoms. The molecule has 0 amide bonds. The van der Waals surface area contributed by atoms with E-state index in [1.807, 2.05) is 0 Å². The van der Waals surface area contributed by atoms with Crippen molar-refractivity contribution in [1.29, 1.82) is 0 Å². The van der Waals surface area contributed by atoms with E-state index in [9.17, 15) is 45.0 Å². The predicted octanol–water partition coefficient (Wildman–Crippen LogP) is 1.04. The minimum Gasteiger partial charge on any atom is -0.507 e. The number of aliphatic hydroxyl groups is 3. The SMILES string of the molecule is COc1cccc2c1C(=O)c1c(O)c3c(c(O)c1C2=O)C[C@@](O)(C(=O)O)C[C@@H]3O[C@H]1C[C@H](N)[C@H](OC(CC(C)O)OC(C)CO)[C@H](C)O1. The number of carbonyl (C=O) groups excluding carboxylic acids is 2. The fourth-order valence-electron chi connectivity index (χ4n) is 6.66. The van der Waals surface area contributed by atoms with E-state index < -0.39 is 108 Å². The molecule has 0 aromatic heterocycles. The molecule has 2 aromatic carbocycles. The number of carboxylic acids is 1. The minimum atomic E-state index is -2.50. The number of hydrogen-bond donors (Lipinski definition) is 7. The van der Waals surface area contributed by atoms with E-state index in [1.165, 1.54) is 25.3 Å². The Hall–Kier alpha value is -3.67. The lowest BCUT2D eigenvalue weighted by Gasteiger charge is -2.43. The second kappa shape index (κ2) is 13.7. The maximum atomic E-state index is 13.8. The summed E-state index contributed by atoms with van der Waals surface area (Å²) in [5.41, 5.74) is 2.29. The first-order chi connectivity index (χ1) is 22.6. The smallest absolute Gasteiger partial charge is 0.336 e. The van der Waals surface area contributed by atoms with E-state index in [0.717, 1.165) is 0 Å². The van der Waals surface area contributed by atoms with Crippen LogP contribution in [-0.4, -0.2) is 111 Å². The molecule has 1 heterocycles. The van der Waals surface area contributed by atoms with Crippen molar-refractivity contribution in [2.45, 2.75) is 101 Å². The van der Waals surface area contributed by atoms with Crippen LogP contribution in [0.4, 0.5) is 0 Å². The number of nitrogens with two attached hydrogens (primary N) is 1. The molecular formula is C33H41NO14. The van der Waals surface area contributed by atoms with Gasteiger partial charge in [0.15, 0.2) is 24.0 Å². The number of carbonyl (C=O) groups is 3. The molecule has 0 spiro atoms. The number of ether oxygens (including phenoxy) is 5. The lowest BCUT2D eigenvalue weighted by atomic mass is 9.73. The number of fused-ring (bicyclic) bond motifs is 3. The summed E-state index contributed by atoms with van der Waals surface area (Å²) in [4.78, 5) is 39.7. The molecule has 15 nitrogen and oxygen atoms in total. The van der Waals surface area contributed by atoms with Crippen molar-refractivity contribution in [3.63, 3.8) is 0 Å². The van der Waals surface area contributed by atoms with Gasteiger partial charge in [-0.3, -0.25) is 9.59 Å². The van der Waals surface area contributed by atoms with Gasteiger partial charge < -0.3 is 60.1 Å². The number of carboxylic acid groups (broad SMARTS) is 1. The maximum absolute atomic E-state index is 13.8. The lowest BCUT2D eigenvalue weighted by molar-refractivity contribution is -0.285. The zero-order chi connectivity index (χ0) is 35.2. The number of hydrogen-bond acceptors (Lipinski definition) is 14. The molecule has 3 unspecified atom stereocenters. The second-order valence-corrected chi connectivity index (χ2v) is 12.6. The summed E-state index contributed by atoms with van der Waals surface area (Å²) in [5, 5.41) is 63.6. The highest BCUT2D eigenvalue weighted by Gasteiger charge is 2.51. The largest absolute Gasteiger partial charge is 0.507 e. The van der Waals surface area contributed by atoms with Gasteiger partial charge in [-0.25, -0.2) is 4.79 Å². The fourth-order valence-corrected chi connectivity index (χ4v) is 6.66. The van der Waals surface area contributed by atoms with Crippen LogP contribution in [0.25, 0.3) is 0 Å². The molecule has 15 heteroatoms. The van der Waals surface area contributed by atoms with Crippen LogP contribution in [0.3, 0.4) is 0 Å². The van der Waals surface area contributed by atoms with E-state index in [1.54, 1.807) is 20.8 Å². The number of rotatable bonds is 11. The van der Waals surface area contributed by atoms with E-state index in [2.05, 4.69) is 0 Å². The van der Waals surface area contributed by atoms with E-state index in [0.29, 0.717) is 0 Å². The van der Waals surface area contributed by atoms with Crippen molar-refractivity contribution < 1.29 is 68.7 Å². The van der Waals surface area contributed by atoms with E-state index >= 15 is 0 Å². The Kier molecular flexibility index (Phi) is 10.2. The molecule has 8 N–H and O–H groups in total. The Bertz CT molecular complexity index is 1580. The van der Waals surface area contributed by atoms with Gasteiger partial charge in [0.1, 0.15) is 23.4 Å². The van der Waals surface area contributed by atoms with Crippen LogP contribution in [0.1, 0.15) is 89.1 Å². The number of phenolic OH excluding ortho intramolecular Hbond substituents is 2. The van der Waals surface area contributed by atoms with Gasteiger partial charge in [0.05, 0.1) is 54.8 Å². The van der Waals surface area contributed by atoms with E-state index in [-0.39, 0.29) is 47.5 Å². The monoisotopic (exact) mass is 675 g/mol. The lowest BCUT2D eigenvalue weighted by Crippen LogP contribution is -2.55. The Balaban J connectivity index is 1.49. The van der Waals surface area contributed by atoms with Gasteiger partial charge in [-0.05, 0) is 26.8 Å². The molecule has 1 saturated heterocycles. The molecule has 3 aliphatic rings.